The second-order valence-electron chi connectivity index (χ2n) is 14.0. The molecule has 1 fully saturated rings. The van der Waals surface area contributed by atoms with Gasteiger partial charge in [0.1, 0.15) is 23.8 Å². The minimum Gasteiger partial charge on any atom is -0.380 e. The van der Waals surface area contributed by atoms with Gasteiger partial charge in [-0.15, -0.1) is 0 Å². The first-order valence-corrected chi connectivity index (χ1v) is 17.0. The second kappa shape index (κ2) is 16.3. The van der Waals surface area contributed by atoms with Crippen molar-refractivity contribution in [2.24, 2.45) is 11.3 Å². The van der Waals surface area contributed by atoms with Crippen LogP contribution in [0.4, 0.5) is 0 Å². The summed E-state index contributed by atoms with van der Waals surface area (Å²) in [5.41, 5.74) is 1.40. The summed E-state index contributed by atoms with van der Waals surface area (Å²) in [6, 6.07) is 5.05. The van der Waals surface area contributed by atoms with Crippen LogP contribution in [-0.2, 0) is 32.1 Å². The lowest BCUT2D eigenvalue weighted by atomic mass is 9.81. The van der Waals surface area contributed by atoms with Crippen LogP contribution in [0.5, 0.6) is 0 Å². The molecule has 256 valence electrons. The fraction of sp³-hybridized carbons (Fsp3) is 0.611. The molecule has 4 amide bonds. The van der Waals surface area contributed by atoms with Gasteiger partial charge in [0.2, 0.25) is 17.7 Å². The molecule has 0 bridgehead atoms. The van der Waals surface area contributed by atoms with E-state index in [0.717, 1.165) is 56.1 Å². The summed E-state index contributed by atoms with van der Waals surface area (Å²) in [7, 11) is 1.62. The zero-order valence-corrected chi connectivity index (χ0v) is 28.8. The number of carbonyl (C=O) groups is 4. The molecule has 11 heteroatoms. The van der Waals surface area contributed by atoms with Crippen LogP contribution in [0.3, 0.4) is 0 Å². The Labute approximate surface area is 279 Å². The summed E-state index contributed by atoms with van der Waals surface area (Å²) in [5, 5.41) is 9.13. The van der Waals surface area contributed by atoms with Crippen LogP contribution in [0.2, 0.25) is 0 Å². The summed E-state index contributed by atoms with van der Waals surface area (Å²) in [6.45, 7) is 9.91. The molecule has 1 aromatic carbocycles. The number of ether oxygens (including phenoxy) is 1. The first kappa shape index (κ1) is 36.0. The van der Waals surface area contributed by atoms with Gasteiger partial charge in [-0.1, -0.05) is 77.6 Å². The molecule has 1 saturated carbocycles. The van der Waals surface area contributed by atoms with Crippen LogP contribution in [0.1, 0.15) is 101 Å². The molecule has 47 heavy (non-hydrogen) atoms. The summed E-state index contributed by atoms with van der Waals surface area (Å²) >= 11 is 0. The van der Waals surface area contributed by atoms with Crippen molar-refractivity contribution in [2.45, 2.75) is 123 Å². The highest BCUT2D eigenvalue weighted by molar-refractivity contribution is 5.98. The van der Waals surface area contributed by atoms with Gasteiger partial charge in [0.15, 0.2) is 0 Å². The summed E-state index contributed by atoms with van der Waals surface area (Å²) in [6.07, 6.45) is 10.6. The second-order valence-corrected chi connectivity index (χ2v) is 14.0. The number of amides is 4. The molecule has 1 aliphatic heterocycles. The van der Waals surface area contributed by atoms with E-state index in [9.17, 15) is 19.2 Å². The van der Waals surface area contributed by atoms with E-state index in [-0.39, 0.29) is 42.1 Å². The van der Waals surface area contributed by atoms with Gasteiger partial charge in [0.05, 0.1) is 18.3 Å². The molecule has 0 saturated heterocycles. The minimum atomic E-state index is -0.959. The van der Waals surface area contributed by atoms with Crippen molar-refractivity contribution in [3.63, 3.8) is 0 Å². The van der Waals surface area contributed by atoms with Crippen LogP contribution in [0.25, 0.3) is 0 Å². The Morgan fingerprint density at radius 3 is 2.32 bits per heavy atom. The summed E-state index contributed by atoms with van der Waals surface area (Å²) < 4.78 is 5.56. The molecule has 1 aromatic heterocycles. The molecule has 0 radical (unpaired) electrons. The normalized spacial score (nSPS) is 19.4. The van der Waals surface area contributed by atoms with Crippen LogP contribution in [0.15, 0.2) is 42.9 Å². The van der Waals surface area contributed by atoms with Crippen molar-refractivity contribution in [1.29, 1.82) is 0 Å². The molecule has 3 N–H and O–H groups in total. The third kappa shape index (κ3) is 9.15. The maximum Gasteiger partial charge on any atom is 0.272 e. The largest absolute Gasteiger partial charge is 0.380 e. The van der Waals surface area contributed by atoms with Crippen LogP contribution >= 0.6 is 0 Å². The van der Waals surface area contributed by atoms with Gasteiger partial charge >= 0.3 is 0 Å². The SMILES string of the molecule is CCC[C@H](NC(=O)[C@@H]1Cc2ccccc2CN1C(=O)[C@@H](NC(=O)[C@@H](NC(=O)c1cnccn1)C1CCCCC1)C(C)(C)C)C(C)OC. The highest BCUT2D eigenvalue weighted by atomic mass is 16.5. The fourth-order valence-electron chi connectivity index (χ4n) is 6.71. The quantitative estimate of drug-likeness (QED) is 0.316. The monoisotopic (exact) mass is 648 g/mol. The van der Waals surface area contributed by atoms with Gasteiger partial charge < -0.3 is 25.6 Å². The Morgan fingerprint density at radius 2 is 1.70 bits per heavy atom. The van der Waals surface area contributed by atoms with Gasteiger partial charge in [-0.3, -0.25) is 24.2 Å². The smallest absolute Gasteiger partial charge is 0.272 e. The fourth-order valence-corrected chi connectivity index (χ4v) is 6.71. The van der Waals surface area contributed by atoms with Gasteiger partial charge in [-0.2, -0.15) is 0 Å². The Morgan fingerprint density at radius 1 is 1.00 bits per heavy atom. The number of aromatic nitrogens is 2. The van der Waals surface area contributed by atoms with E-state index in [4.69, 9.17) is 4.74 Å². The van der Waals surface area contributed by atoms with Crippen molar-refractivity contribution in [3.05, 3.63) is 59.7 Å². The van der Waals surface area contributed by atoms with Gasteiger partial charge in [0, 0.05) is 32.5 Å². The van der Waals surface area contributed by atoms with E-state index in [1.54, 1.807) is 12.0 Å². The third-order valence-corrected chi connectivity index (χ3v) is 9.59. The van der Waals surface area contributed by atoms with E-state index in [1.165, 1.54) is 18.6 Å². The lowest BCUT2D eigenvalue weighted by Crippen LogP contribution is -2.63. The molecule has 11 nitrogen and oxygen atoms in total. The number of rotatable bonds is 12. The molecule has 1 unspecified atom stereocenters. The minimum absolute atomic E-state index is 0.0845. The van der Waals surface area contributed by atoms with Crippen molar-refractivity contribution < 1.29 is 23.9 Å². The summed E-state index contributed by atoms with van der Waals surface area (Å²) in [4.78, 5) is 65.7. The Balaban J connectivity index is 1.62. The zero-order chi connectivity index (χ0) is 34.1. The first-order valence-electron chi connectivity index (χ1n) is 17.0. The number of hydrogen-bond donors (Lipinski definition) is 3. The van der Waals surface area contributed by atoms with Crippen molar-refractivity contribution in [2.75, 3.05) is 7.11 Å². The number of nitrogens with zero attached hydrogens (tertiary/aromatic N) is 3. The topological polar surface area (TPSA) is 143 Å². The van der Waals surface area contributed by atoms with Gasteiger partial charge in [-0.25, -0.2) is 4.98 Å². The Kier molecular flexibility index (Phi) is 12.5. The molecular weight excluding hydrogens is 596 g/mol. The lowest BCUT2D eigenvalue weighted by Gasteiger charge is -2.42. The number of fused-ring (bicyclic) bond motifs is 1. The van der Waals surface area contributed by atoms with Gasteiger partial charge in [0.25, 0.3) is 5.91 Å². The van der Waals surface area contributed by atoms with Crippen molar-refractivity contribution >= 4 is 23.6 Å². The van der Waals surface area contributed by atoms with E-state index in [1.807, 2.05) is 52.0 Å². The van der Waals surface area contributed by atoms with E-state index < -0.39 is 35.4 Å². The predicted molar refractivity (Wildman–Crippen MR) is 179 cm³/mol. The molecule has 2 aliphatic rings. The third-order valence-electron chi connectivity index (χ3n) is 9.59. The molecular formula is C36H52N6O5. The zero-order valence-electron chi connectivity index (χ0n) is 28.8. The average molecular weight is 649 g/mol. The highest BCUT2D eigenvalue weighted by Crippen LogP contribution is 2.30. The number of nitrogens with one attached hydrogen (secondary N) is 3. The van der Waals surface area contributed by atoms with Crippen molar-refractivity contribution in [1.82, 2.24) is 30.8 Å². The van der Waals surface area contributed by atoms with Gasteiger partial charge in [-0.05, 0) is 48.6 Å². The van der Waals surface area contributed by atoms with Crippen LogP contribution in [0, 0.1) is 11.3 Å². The number of hydrogen-bond acceptors (Lipinski definition) is 7. The van der Waals surface area contributed by atoms with E-state index in [2.05, 4.69) is 32.8 Å². The maximum atomic E-state index is 14.7. The van der Waals surface area contributed by atoms with Crippen LogP contribution in [-0.4, -0.2) is 75.9 Å². The Bertz CT molecular complexity index is 1370. The lowest BCUT2D eigenvalue weighted by molar-refractivity contribution is -0.147. The Hall–Kier alpha value is -3.86. The molecule has 2 aromatic rings. The molecule has 1 aliphatic carbocycles. The number of benzene rings is 1. The number of methoxy groups -OCH3 is 1. The highest BCUT2D eigenvalue weighted by Gasteiger charge is 2.44. The van der Waals surface area contributed by atoms with E-state index >= 15 is 0 Å². The molecule has 0 spiro atoms. The summed E-state index contributed by atoms with van der Waals surface area (Å²) in [5.74, 6) is -1.57. The van der Waals surface area contributed by atoms with Crippen molar-refractivity contribution in [3.8, 4) is 0 Å². The van der Waals surface area contributed by atoms with E-state index in [0.29, 0.717) is 6.42 Å². The maximum absolute atomic E-state index is 14.7. The first-order chi connectivity index (χ1) is 22.4. The molecule has 4 rings (SSSR count). The standard InChI is InChI=1S/C36H52N6O5/c1-7-13-27(23(2)47-6)39-33(44)29-20-25-16-11-12-17-26(25)22-42(29)35(46)31(36(3,4)5)41-34(45)30(24-14-9-8-10-15-24)40-32(43)28-21-37-18-19-38-28/h11-12,16-19,21,23-24,27,29-31H,7-10,13-15,20,22H2,1-6H3,(H,39,44)(H,40,43)(H,41,45)/t23?,27-,29-,30-,31+/m0/s1. The number of carbonyl (C=O) groups excluding carboxylic acids is 4. The van der Waals surface area contributed by atoms with Crippen LogP contribution < -0.4 is 16.0 Å². The molecule has 5 atom stereocenters. The average Bonchev–Trinajstić information content (AvgIpc) is 3.08. The predicted octanol–water partition coefficient (Wildman–Crippen LogP) is 3.96. The molecule has 2 heterocycles.